The van der Waals surface area contributed by atoms with Crippen LogP contribution in [0.25, 0.3) is 11.2 Å². The molecule has 0 aromatic carbocycles. The smallest absolute Gasteiger partial charge is 0.316 e. The number of hydrogen-bond donors (Lipinski definition) is 1. The molecule has 0 saturated carbocycles. The zero-order valence-electron chi connectivity index (χ0n) is 10.7. The average Bonchev–Trinajstić information content (AvgIpc) is 2.65. The van der Waals surface area contributed by atoms with Crippen LogP contribution in [0.4, 0.5) is 0 Å². The Morgan fingerprint density at radius 1 is 1.28 bits per heavy atom. The molecule has 2 heterocycles. The molecule has 0 unspecified atom stereocenters. The summed E-state index contributed by atoms with van der Waals surface area (Å²) in [6.45, 7) is 2.13. The largest absolute Gasteiger partial charge is 0.329 e. The number of imidazole rings is 1. The topological polar surface area (TPSA) is 72.7 Å². The van der Waals surface area contributed by atoms with Gasteiger partial charge >= 0.3 is 5.69 Å². The van der Waals surface area contributed by atoms with Gasteiger partial charge in [-0.3, -0.25) is 14.3 Å². The molecule has 0 radical (unpaired) electrons. The second-order valence-electron chi connectivity index (χ2n) is 4.15. The van der Waals surface area contributed by atoms with E-state index in [2.05, 4.69) is 16.9 Å². The van der Waals surface area contributed by atoms with Gasteiger partial charge in [-0.05, 0) is 6.42 Å². The van der Waals surface area contributed by atoms with Gasteiger partial charge in [0.15, 0.2) is 16.3 Å². The van der Waals surface area contributed by atoms with E-state index < -0.39 is 5.69 Å². The lowest BCUT2D eigenvalue weighted by Gasteiger charge is -2.00. The van der Waals surface area contributed by atoms with Crippen molar-refractivity contribution in [1.29, 1.82) is 0 Å². The average molecular weight is 268 g/mol. The molecule has 0 aliphatic rings. The minimum Gasteiger partial charge on any atom is -0.316 e. The quantitative estimate of drug-likeness (QED) is 0.659. The highest BCUT2D eigenvalue weighted by Crippen LogP contribution is 2.20. The number of aryl methyl sites for hydroxylation is 2. The van der Waals surface area contributed by atoms with Crippen molar-refractivity contribution >= 4 is 22.9 Å². The summed E-state index contributed by atoms with van der Waals surface area (Å²) >= 11 is 1.60. The summed E-state index contributed by atoms with van der Waals surface area (Å²) in [6.07, 6.45) is 2.22. The Kier molecular flexibility index (Phi) is 3.60. The number of nitrogens with one attached hydrogen (secondary N) is 1. The second-order valence-corrected chi connectivity index (χ2v) is 5.21. The van der Waals surface area contributed by atoms with Crippen molar-refractivity contribution in [3.8, 4) is 0 Å². The Morgan fingerprint density at radius 3 is 2.67 bits per heavy atom. The summed E-state index contributed by atoms with van der Waals surface area (Å²) in [4.78, 5) is 29.9. The zero-order chi connectivity index (χ0) is 13.3. The van der Waals surface area contributed by atoms with E-state index in [0.717, 1.165) is 23.8 Å². The lowest BCUT2D eigenvalue weighted by Crippen LogP contribution is -2.29. The van der Waals surface area contributed by atoms with Crippen LogP contribution >= 0.6 is 11.8 Å². The highest BCUT2D eigenvalue weighted by Gasteiger charge is 2.14. The number of aromatic nitrogens is 4. The van der Waals surface area contributed by atoms with E-state index >= 15 is 0 Å². The van der Waals surface area contributed by atoms with Crippen LogP contribution in [0.15, 0.2) is 14.7 Å². The Hall–Kier alpha value is -1.50. The van der Waals surface area contributed by atoms with E-state index in [9.17, 15) is 9.59 Å². The number of unbranched alkanes of at least 4 members (excludes halogenated alkanes) is 1. The molecule has 0 spiro atoms. The van der Waals surface area contributed by atoms with Gasteiger partial charge in [-0.2, -0.15) is 0 Å². The second kappa shape index (κ2) is 5.01. The van der Waals surface area contributed by atoms with Crippen LogP contribution in [0.5, 0.6) is 0 Å². The molecule has 1 N–H and O–H groups in total. The maximum Gasteiger partial charge on any atom is 0.329 e. The normalized spacial score (nSPS) is 11.3. The van der Waals surface area contributed by atoms with Crippen LogP contribution in [-0.4, -0.2) is 24.9 Å². The van der Waals surface area contributed by atoms with Crippen molar-refractivity contribution in [2.45, 2.75) is 24.9 Å². The lowest BCUT2D eigenvalue weighted by atomic mass is 10.4. The van der Waals surface area contributed by atoms with Gasteiger partial charge in [0.25, 0.3) is 5.56 Å². The number of hydrogen-bond acceptors (Lipinski definition) is 4. The summed E-state index contributed by atoms with van der Waals surface area (Å²) in [5, 5.41) is 0.769. The standard InChI is InChI=1S/C11H16N4O2S/c1-4-5-6-18-11-12-8-7(14(11)2)9(16)13-10(17)15(8)3/h4-6H2,1-3H3,(H,13,16,17). The molecular weight excluding hydrogens is 252 g/mol. The Morgan fingerprint density at radius 2 is 2.00 bits per heavy atom. The molecular formula is C11H16N4O2S. The summed E-state index contributed by atoms with van der Waals surface area (Å²) < 4.78 is 3.11. The highest BCUT2D eigenvalue weighted by molar-refractivity contribution is 7.99. The van der Waals surface area contributed by atoms with Crippen LogP contribution in [0.1, 0.15) is 19.8 Å². The molecule has 6 nitrogen and oxygen atoms in total. The van der Waals surface area contributed by atoms with Gasteiger partial charge in [-0.25, -0.2) is 9.78 Å². The predicted octanol–water partition coefficient (Wildman–Crippen LogP) is 0.853. The van der Waals surface area contributed by atoms with E-state index in [1.165, 1.54) is 4.57 Å². The fraction of sp³-hybridized carbons (Fsp3) is 0.545. The van der Waals surface area contributed by atoms with Gasteiger partial charge in [0, 0.05) is 19.8 Å². The maximum absolute atomic E-state index is 11.8. The van der Waals surface area contributed by atoms with Crippen molar-refractivity contribution in [1.82, 2.24) is 19.1 Å². The van der Waals surface area contributed by atoms with Crippen LogP contribution in [0.2, 0.25) is 0 Å². The fourth-order valence-corrected chi connectivity index (χ4v) is 2.78. The van der Waals surface area contributed by atoms with E-state index in [-0.39, 0.29) is 5.56 Å². The van der Waals surface area contributed by atoms with Gasteiger partial charge < -0.3 is 4.57 Å². The molecule has 2 rings (SSSR count). The van der Waals surface area contributed by atoms with Crippen molar-refractivity contribution < 1.29 is 0 Å². The number of nitrogens with zero attached hydrogens (tertiary/aromatic N) is 3. The number of thioether (sulfide) groups is 1. The van der Waals surface area contributed by atoms with E-state index in [1.54, 1.807) is 30.4 Å². The predicted molar refractivity (Wildman–Crippen MR) is 72.2 cm³/mol. The fourth-order valence-electron chi connectivity index (χ4n) is 1.73. The van der Waals surface area contributed by atoms with E-state index in [0.29, 0.717) is 11.2 Å². The Balaban J connectivity index is 2.56. The summed E-state index contributed by atoms with van der Waals surface area (Å²) in [7, 11) is 3.40. The molecule has 7 heteroatoms. The lowest BCUT2D eigenvalue weighted by molar-refractivity contribution is 0.806. The molecule has 0 aliphatic heterocycles. The van der Waals surface area contributed by atoms with Crippen LogP contribution in [-0.2, 0) is 14.1 Å². The number of fused-ring (bicyclic) bond motifs is 1. The molecule has 0 bridgehead atoms. The first kappa shape index (κ1) is 12.9. The first-order valence-electron chi connectivity index (χ1n) is 5.84. The van der Waals surface area contributed by atoms with Gasteiger partial charge in [-0.15, -0.1) is 0 Å². The van der Waals surface area contributed by atoms with Crippen LogP contribution < -0.4 is 11.2 Å². The molecule has 2 aromatic heterocycles. The number of rotatable bonds is 4. The zero-order valence-corrected chi connectivity index (χ0v) is 11.5. The highest BCUT2D eigenvalue weighted by atomic mass is 32.2. The van der Waals surface area contributed by atoms with Gasteiger partial charge in [0.05, 0.1) is 0 Å². The molecule has 2 aromatic rings. The molecule has 0 saturated heterocycles. The monoisotopic (exact) mass is 268 g/mol. The van der Waals surface area contributed by atoms with Crippen molar-refractivity contribution in [2.75, 3.05) is 5.75 Å². The number of H-pyrrole nitrogens is 1. The van der Waals surface area contributed by atoms with Gasteiger partial charge in [0.2, 0.25) is 0 Å². The Bertz CT molecular complexity index is 683. The minimum atomic E-state index is -0.435. The Labute approximate surface area is 108 Å². The van der Waals surface area contributed by atoms with Crippen molar-refractivity contribution in [2.24, 2.45) is 14.1 Å². The summed E-state index contributed by atoms with van der Waals surface area (Å²) in [5.41, 5.74) is 0.0579. The van der Waals surface area contributed by atoms with Crippen molar-refractivity contribution in [3.05, 3.63) is 20.8 Å². The molecule has 0 atom stereocenters. The molecule has 98 valence electrons. The minimum absolute atomic E-state index is 0.384. The van der Waals surface area contributed by atoms with E-state index in [4.69, 9.17) is 0 Å². The number of aromatic amines is 1. The molecule has 0 fully saturated rings. The molecule has 18 heavy (non-hydrogen) atoms. The first-order valence-corrected chi connectivity index (χ1v) is 6.83. The van der Waals surface area contributed by atoms with E-state index in [1.807, 2.05) is 0 Å². The van der Waals surface area contributed by atoms with Crippen LogP contribution in [0, 0.1) is 0 Å². The SMILES string of the molecule is CCCCSc1nc2c(c(=O)[nH]c(=O)n2C)n1C. The van der Waals surface area contributed by atoms with Crippen LogP contribution in [0.3, 0.4) is 0 Å². The maximum atomic E-state index is 11.8. The van der Waals surface area contributed by atoms with Gasteiger partial charge in [0.1, 0.15) is 0 Å². The molecule has 0 aliphatic carbocycles. The molecule has 0 amide bonds. The first-order chi connectivity index (χ1) is 8.56. The third-order valence-electron chi connectivity index (χ3n) is 2.82. The summed E-state index contributed by atoms with van der Waals surface area (Å²) in [5.74, 6) is 0.958. The van der Waals surface area contributed by atoms with Crippen molar-refractivity contribution in [3.63, 3.8) is 0 Å². The third-order valence-corrected chi connectivity index (χ3v) is 3.94. The third kappa shape index (κ3) is 2.10. The summed E-state index contributed by atoms with van der Waals surface area (Å²) in [6, 6.07) is 0. The van der Waals surface area contributed by atoms with Gasteiger partial charge in [-0.1, -0.05) is 25.1 Å².